The summed E-state index contributed by atoms with van der Waals surface area (Å²) < 4.78 is 13.5. The summed E-state index contributed by atoms with van der Waals surface area (Å²) in [6.07, 6.45) is 0.0447. The van der Waals surface area contributed by atoms with E-state index in [4.69, 9.17) is 9.05 Å². The third-order valence-electron chi connectivity index (χ3n) is 4.61. The van der Waals surface area contributed by atoms with Crippen LogP contribution in [0.5, 0.6) is 0 Å². The van der Waals surface area contributed by atoms with Gasteiger partial charge in [0.2, 0.25) is 0 Å². The topological polar surface area (TPSA) is 18.5 Å². The van der Waals surface area contributed by atoms with E-state index in [0.29, 0.717) is 6.61 Å². The van der Waals surface area contributed by atoms with Crippen LogP contribution in [0.2, 0.25) is 0 Å². The van der Waals surface area contributed by atoms with Gasteiger partial charge in [-0.15, -0.1) is 0 Å². The van der Waals surface area contributed by atoms with Crippen LogP contribution in [0, 0.1) is 0 Å². The van der Waals surface area contributed by atoms with Crippen LogP contribution in [0.25, 0.3) is 0 Å². The predicted molar refractivity (Wildman–Crippen MR) is 102 cm³/mol. The van der Waals surface area contributed by atoms with E-state index in [0.717, 1.165) is 15.9 Å². The van der Waals surface area contributed by atoms with E-state index in [1.54, 1.807) is 0 Å². The van der Waals surface area contributed by atoms with Crippen LogP contribution in [0.3, 0.4) is 0 Å². The second kappa shape index (κ2) is 5.82. The van der Waals surface area contributed by atoms with Gasteiger partial charge in [-0.1, -0.05) is 0 Å². The molecule has 2 nitrogen and oxygen atoms in total. The molecule has 1 aliphatic heterocycles. The van der Waals surface area contributed by atoms with Gasteiger partial charge in [0.15, 0.2) is 0 Å². The predicted octanol–water partition coefficient (Wildman–Crippen LogP) is 3.78. The van der Waals surface area contributed by atoms with E-state index >= 15 is 0 Å². The fourth-order valence-electron chi connectivity index (χ4n) is 3.60. The molecule has 0 bridgehead atoms. The van der Waals surface area contributed by atoms with Crippen molar-refractivity contribution in [2.45, 2.75) is 13.0 Å². The summed E-state index contributed by atoms with van der Waals surface area (Å²) in [5.74, 6) is 0. The van der Waals surface area contributed by atoms with Gasteiger partial charge in [-0.3, -0.25) is 0 Å². The van der Waals surface area contributed by atoms with Crippen molar-refractivity contribution in [2.24, 2.45) is 0 Å². The third kappa shape index (κ3) is 2.08. The molecule has 3 aromatic rings. The Morgan fingerprint density at radius 2 is 1.04 bits per heavy atom. The Morgan fingerprint density at radius 3 is 1.33 bits per heavy atom. The molecular formula is C21H21O2P. The van der Waals surface area contributed by atoms with Crippen LogP contribution in [-0.4, -0.2) is 12.7 Å². The zero-order valence-corrected chi connectivity index (χ0v) is 14.6. The first-order chi connectivity index (χ1) is 11.8. The van der Waals surface area contributed by atoms with Crippen molar-refractivity contribution in [3.63, 3.8) is 0 Å². The van der Waals surface area contributed by atoms with Gasteiger partial charge in [-0.25, -0.2) is 0 Å². The van der Waals surface area contributed by atoms with Gasteiger partial charge in [0.1, 0.15) is 0 Å². The molecule has 0 amide bonds. The Morgan fingerprint density at radius 1 is 0.667 bits per heavy atom. The minimum atomic E-state index is -3.38. The molecule has 0 spiro atoms. The summed E-state index contributed by atoms with van der Waals surface area (Å²) >= 11 is 0. The Bertz CT molecular complexity index is 719. The van der Waals surface area contributed by atoms with Gasteiger partial charge in [0, 0.05) is 0 Å². The maximum atomic E-state index is 6.80. The molecule has 122 valence electrons. The first-order valence-corrected chi connectivity index (χ1v) is 10.3. The molecule has 0 saturated carbocycles. The van der Waals surface area contributed by atoms with Gasteiger partial charge in [0.05, 0.1) is 0 Å². The molecule has 1 fully saturated rings. The molecule has 1 saturated heterocycles. The Labute approximate surface area is 143 Å². The van der Waals surface area contributed by atoms with Crippen molar-refractivity contribution < 1.29 is 9.05 Å². The summed E-state index contributed by atoms with van der Waals surface area (Å²) in [7, 11) is -3.38. The van der Waals surface area contributed by atoms with E-state index in [9.17, 15) is 0 Å². The SMILES string of the molecule is CC1COP(c2ccccc2)(c2ccccc2)(c2ccccc2)O1. The summed E-state index contributed by atoms with van der Waals surface area (Å²) in [5.41, 5.74) is 0. The van der Waals surface area contributed by atoms with Gasteiger partial charge < -0.3 is 0 Å². The van der Waals surface area contributed by atoms with E-state index in [1.165, 1.54) is 0 Å². The van der Waals surface area contributed by atoms with Crippen LogP contribution in [0.15, 0.2) is 91.0 Å². The zero-order chi connectivity index (χ0) is 16.5. The van der Waals surface area contributed by atoms with Gasteiger partial charge >= 0.3 is 143 Å². The summed E-state index contributed by atoms with van der Waals surface area (Å²) in [4.78, 5) is 0. The van der Waals surface area contributed by atoms with E-state index in [-0.39, 0.29) is 6.10 Å². The van der Waals surface area contributed by atoms with Gasteiger partial charge in [-0.2, -0.15) is 0 Å². The minimum absolute atomic E-state index is 0.0447. The Hall–Kier alpha value is -1.99. The number of hydrogen-bond donors (Lipinski definition) is 0. The van der Waals surface area contributed by atoms with Crippen molar-refractivity contribution in [3.05, 3.63) is 91.0 Å². The molecule has 4 rings (SSSR count). The molecule has 0 N–H and O–H groups in total. The van der Waals surface area contributed by atoms with Crippen LogP contribution in [0.4, 0.5) is 0 Å². The van der Waals surface area contributed by atoms with Crippen LogP contribution in [-0.2, 0) is 9.05 Å². The quantitative estimate of drug-likeness (QED) is 0.678. The second-order valence-corrected chi connectivity index (χ2v) is 10.1. The molecule has 1 atom stereocenters. The fraction of sp³-hybridized carbons (Fsp3) is 0.143. The summed E-state index contributed by atoms with van der Waals surface area (Å²) in [6.45, 7) is 2.68. The molecule has 1 heterocycles. The van der Waals surface area contributed by atoms with E-state index in [1.807, 2.05) is 18.2 Å². The van der Waals surface area contributed by atoms with Crippen molar-refractivity contribution in [3.8, 4) is 0 Å². The van der Waals surface area contributed by atoms with Crippen molar-refractivity contribution in [2.75, 3.05) is 6.61 Å². The van der Waals surface area contributed by atoms with Crippen LogP contribution < -0.4 is 15.9 Å². The normalized spacial score (nSPS) is 23.2. The molecule has 0 aromatic heterocycles. The van der Waals surface area contributed by atoms with Gasteiger partial charge in [-0.05, 0) is 0 Å². The molecule has 0 radical (unpaired) electrons. The Balaban J connectivity index is 2.13. The first-order valence-electron chi connectivity index (χ1n) is 8.28. The van der Waals surface area contributed by atoms with Crippen molar-refractivity contribution in [1.29, 1.82) is 0 Å². The molecule has 1 aliphatic rings. The summed E-state index contributed by atoms with van der Waals surface area (Å²) in [6, 6.07) is 31.3. The van der Waals surface area contributed by atoms with Crippen molar-refractivity contribution in [1.82, 2.24) is 0 Å². The molecule has 0 aliphatic carbocycles. The number of rotatable bonds is 3. The van der Waals surface area contributed by atoms with Crippen LogP contribution in [0.1, 0.15) is 6.92 Å². The van der Waals surface area contributed by atoms with E-state index in [2.05, 4.69) is 79.7 Å². The monoisotopic (exact) mass is 336 g/mol. The Kier molecular flexibility index (Phi) is 3.77. The molecular weight excluding hydrogens is 315 g/mol. The number of hydrogen-bond acceptors (Lipinski definition) is 2. The third-order valence-corrected chi connectivity index (χ3v) is 9.72. The standard InChI is InChI=1S/C21H21O2P/c1-18-17-22-24(23-18,19-11-5-2-6-12-19,20-13-7-3-8-14-20)21-15-9-4-10-16-21/h2-16,18H,17H2,1H3. The average Bonchev–Trinajstić information content (AvgIpc) is 3.04. The van der Waals surface area contributed by atoms with Gasteiger partial charge in [0.25, 0.3) is 0 Å². The molecule has 1 unspecified atom stereocenters. The average molecular weight is 336 g/mol. The molecule has 3 heteroatoms. The molecule has 3 aromatic carbocycles. The molecule has 24 heavy (non-hydrogen) atoms. The summed E-state index contributed by atoms with van der Waals surface area (Å²) in [5, 5.41) is 3.35. The van der Waals surface area contributed by atoms with Crippen LogP contribution >= 0.6 is 7.06 Å². The number of benzene rings is 3. The van der Waals surface area contributed by atoms with Crippen molar-refractivity contribution >= 4 is 23.0 Å². The second-order valence-electron chi connectivity index (χ2n) is 6.18. The first kappa shape index (κ1) is 15.5. The fourth-order valence-corrected chi connectivity index (χ4v) is 8.75. The van der Waals surface area contributed by atoms with E-state index < -0.39 is 7.06 Å². The maximum absolute atomic E-state index is 6.80. The zero-order valence-electron chi connectivity index (χ0n) is 13.7.